The minimum absolute atomic E-state index is 0.273. The van der Waals surface area contributed by atoms with Gasteiger partial charge in [-0.25, -0.2) is 0 Å². The summed E-state index contributed by atoms with van der Waals surface area (Å²) < 4.78 is 5.70. The molecule has 1 heterocycles. The van der Waals surface area contributed by atoms with Gasteiger partial charge in [0.15, 0.2) is 0 Å². The monoisotopic (exact) mass is 171 g/mol. The fraction of sp³-hybridized carbons (Fsp3) is 1.00. The van der Waals surface area contributed by atoms with E-state index in [9.17, 15) is 0 Å². The Balaban J connectivity index is 2.18. The standard InChI is InChI=1S/C10H21NO/c1-3-4-5-9(11)10-7-6-8(2)12-10/h8-10H,3-7,11H2,1-2H3. The fourth-order valence-electron chi connectivity index (χ4n) is 1.77. The molecule has 1 rings (SSSR count). The van der Waals surface area contributed by atoms with Crippen LogP contribution in [0.1, 0.15) is 46.0 Å². The van der Waals surface area contributed by atoms with E-state index in [0.29, 0.717) is 12.2 Å². The second kappa shape index (κ2) is 4.83. The number of ether oxygens (including phenoxy) is 1. The molecule has 0 aromatic heterocycles. The van der Waals surface area contributed by atoms with Crippen LogP contribution >= 0.6 is 0 Å². The van der Waals surface area contributed by atoms with Crippen LogP contribution in [-0.4, -0.2) is 18.2 Å². The first-order valence-corrected chi connectivity index (χ1v) is 5.15. The summed E-state index contributed by atoms with van der Waals surface area (Å²) in [6.07, 6.45) is 6.70. The molecule has 1 fully saturated rings. The molecule has 0 saturated carbocycles. The maximum Gasteiger partial charge on any atom is 0.0730 e. The largest absolute Gasteiger partial charge is 0.374 e. The Morgan fingerprint density at radius 1 is 1.50 bits per heavy atom. The molecule has 3 unspecified atom stereocenters. The average Bonchev–Trinajstić information content (AvgIpc) is 2.47. The highest BCUT2D eigenvalue weighted by Gasteiger charge is 2.26. The molecule has 0 radical (unpaired) electrons. The highest BCUT2D eigenvalue weighted by atomic mass is 16.5. The number of hydrogen-bond donors (Lipinski definition) is 1. The zero-order valence-electron chi connectivity index (χ0n) is 8.25. The average molecular weight is 171 g/mol. The smallest absolute Gasteiger partial charge is 0.0730 e. The molecular weight excluding hydrogens is 150 g/mol. The number of rotatable bonds is 4. The molecule has 2 N–H and O–H groups in total. The first-order valence-electron chi connectivity index (χ1n) is 5.15. The predicted octanol–water partition coefficient (Wildman–Crippen LogP) is 2.07. The van der Waals surface area contributed by atoms with Gasteiger partial charge in [0, 0.05) is 6.04 Å². The number of nitrogens with two attached hydrogens (primary N) is 1. The number of hydrogen-bond acceptors (Lipinski definition) is 2. The van der Waals surface area contributed by atoms with Crippen LogP contribution in [0.2, 0.25) is 0 Å². The molecule has 3 atom stereocenters. The quantitative estimate of drug-likeness (QED) is 0.702. The van der Waals surface area contributed by atoms with E-state index in [1.54, 1.807) is 0 Å². The van der Waals surface area contributed by atoms with E-state index in [1.807, 2.05) is 0 Å². The van der Waals surface area contributed by atoms with Crippen molar-refractivity contribution in [3.05, 3.63) is 0 Å². The predicted molar refractivity (Wildman–Crippen MR) is 51.1 cm³/mol. The zero-order valence-corrected chi connectivity index (χ0v) is 8.25. The maximum atomic E-state index is 6.00. The van der Waals surface area contributed by atoms with Crippen molar-refractivity contribution >= 4 is 0 Å². The lowest BCUT2D eigenvalue weighted by atomic mass is 10.0. The molecule has 0 amide bonds. The van der Waals surface area contributed by atoms with Crippen LogP contribution in [0.25, 0.3) is 0 Å². The third kappa shape index (κ3) is 2.76. The molecule has 2 heteroatoms. The van der Waals surface area contributed by atoms with E-state index in [2.05, 4.69) is 13.8 Å². The molecule has 1 aliphatic heterocycles. The fourth-order valence-corrected chi connectivity index (χ4v) is 1.77. The van der Waals surface area contributed by atoms with Gasteiger partial charge < -0.3 is 10.5 Å². The Morgan fingerprint density at radius 3 is 2.75 bits per heavy atom. The van der Waals surface area contributed by atoms with Crippen molar-refractivity contribution < 1.29 is 4.74 Å². The summed E-state index contributed by atoms with van der Waals surface area (Å²) in [6, 6.07) is 0.273. The number of unbranched alkanes of at least 4 members (excludes halogenated alkanes) is 1. The van der Waals surface area contributed by atoms with Crippen molar-refractivity contribution in [3.8, 4) is 0 Å². The van der Waals surface area contributed by atoms with Gasteiger partial charge >= 0.3 is 0 Å². The second-order valence-corrected chi connectivity index (χ2v) is 3.87. The van der Waals surface area contributed by atoms with Crippen molar-refractivity contribution in [1.29, 1.82) is 0 Å². The lowest BCUT2D eigenvalue weighted by Crippen LogP contribution is -2.34. The molecule has 0 bridgehead atoms. The van der Waals surface area contributed by atoms with Crippen LogP contribution < -0.4 is 5.73 Å². The molecule has 0 spiro atoms. The summed E-state index contributed by atoms with van der Waals surface area (Å²) in [6.45, 7) is 4.33. The maximum absolute atomic E-state index is 6.00. The van der Waals surface area contributed by atoms with E-state index in [4.69, 9.17) is 10.5 Å². The third-order valence-corrected chi connectivity index (χ3v) is 2.63. The van der Waals surface area contributed by atoms with Gasteiger partial charge in [0.25, 0.3) is 0 Å². The minimum Gasteiger partial charge on any atom is -0.374 e. The molecule has 72 valence electrons. The lowest BCUT2D eigenvalue weighted by molar-refractivity contribution is 0.0383. The van der Waals surface area contributed by atoms with Gasteiger partial charge in [0.2, 0.25) is 0 Å². The first-order chi connectivity index (χ1) is 5.74. The van der Waals surface area contributed by atoms with Crippen LogP contribution in [0.3, 0.4) is 0 Å². The van der Waals surface area contributed by atoms with Crippen molar-refractivity contribution in [2.45, 2.75) is 64.2 Å². The van der Waals surface area contributed by atoms with E-state index >= 15 is 0 Å². The molecule has 0 aromatic rings. The third-order valence-electron chi connectivity index (χ3n) is 2.63. The normalized spacial score (nSPS) is 32.2. The van der Waals surface area contributed by atoms with Crippen LogP contribution in [0, 0.1) is 0 Å². The molecule has 1 saturated heterocycles. The van der Waals surface area contributed by atoms with Gasteiger partial charge in [-0.05, 0) is 26.2 Å². The van der Waals surface area contributed by atoms with Gasteiger partial charge in [-0.1, -0.05) is 19.8 Å². The summed E-state index contributed by atoms with van der Waals surface area (Å²) >= 11 is 0. The molecule has 12 heavy (non-hydrogen) atoms. The molecule has 2 nitrogen and oxygen atoms in total. The Hall–Kier alpha value is -0.0800. The Bertz CT molecular complexity index is 127. The highest BCUT2D eigenvalue weighted by Crippen LogP contribution is 2.22. The van der Waals surface area contributed by atoms with Crippen LogP contribution in [0.5, 0.6) is 0 Å². The van der Waals surface area contributed by atoms with E-state index in [1.165, 1.54) is 19.3 Å². The zero-order chi connectivity index (χ0) is 8.97. The van der Waals surface area contributed by atoms with Gasteiger partial charge in [-0.2, -0.15) is 0 Å². The van der Waals surface area contributed by atoms with E-state index < -0.39 is 0 Å². The Kier molecular flexibility index (Phi) is 4.02. The minimum atomic E-state index is 0.273. The second-order valence-electron chi connectivity index (χ2n) is 3.87. The van der Waals surface area contributed by atoms with Crippen molar-refractivity contribution in [2.24, 2.45) is 5.73 Å². The van der Waals surface area contributed by atoms with E-state index in [0.717, 1.165) is 12.8 Å². The van der Waals surface area contributed by atoms with Gasteiger partial charge in [-0.15, -0.1) is 0 Å². The molecular formula is C10H21NO. The summed E-state index contributed by atoms with van der Waals surface area (Å²) in [5.41, 5.74) is 6.00. The van der Waals surface area contributed by atoms with Crippen LogP contribution in [0.15, 0.2) is 0 Å². The summed E-state index contributed by atoms with van der Waals surface area (Å²) in [5.74, 6) is 0. The topological polar surface area (TPSA) is 35.2 Å². The summed E-state index contributed by atoms with van der Waals surface area (Å²) in [5, 5.41) is 0. The SMILES string of the molecule is CCCCC(N)C1CCC(C)O1. The lowest BCUT2D eigenvalue weighted by Gasteiger charge is -2.18. The van der Waals surface area contributed by atoms with Crippen LogP contribution in [-0.2, 0) is 4.74 Å². The van der Waals surface area contributed by atoms with Gasteiger partial charge in [0.05, 0.1) is 12.2 Å². The Morgan fingerprint density at radius 2 is 2.25 bits per heavy atom. The van der Waals surface area contributed by atoms with E-state index in [-0.39, 0.29) is 6.04 Å². The van der Waals surface area contributed by atoms with Crippen LogP contribution in [0.4, 0.5) is 0 Å². The molecule has 0 aromatic carbocycles. The van der Waals surface area contributed by atoms with Crippen molar-refractivity contribution in [3.63, 3.8) is 0 Å². The molecule has 1 aliphatic rings. The highest BCUT2D eigenvalue weighted by molar-refractivity contribution is 4.79. The first kappa shape index (κ1) is 10.0. The van der Waals surface area contributed by atoms with Gasteiger partial charge in [0.1, 0.15) is 0 Å². The van der Waals surface area contributed by atoms with Gasteiger partial charge in [-0.3, -0.25) is 0 Å². The molecule has 0 aliphatic carbocycles. The summed E-state index contributed by atoms with van der Waals surface area (Å²) in [7, 11) is 0. The Labute approximate surface area is 75.5 Å². The summed E-state index contributed by atoms with van der Waals surface area (Å²) in [4.78, 5) is 0. The van der Waals surface area contributed by atoms with Crippen molar-refractivity contribution in [2.75, 3.05) is 0 Å². The van der Waals surface area contributed by atoms with Crippen molar-refractivity contribution in [1.82, 2.24) is 0 Å².